The number of benzene rings is 2. The molecule has 106 valence electrons. The number of hydrogen-bond donors (Lipinski definition) is 1. The molecule has 2 aliphatic heterocycles. The van der Waals surface area contributed by atoms with Gasteiger partial charge in [0.25, 0.3) is 0 Å². The topological polar surface area (TPSA) is 32.3 Å². The van der Waals surface area contributed by atoms with Gasteiger partial charge >= 0.3 is 0 Å². The highest BCUT2D eigenvalue weighted by Gasteiger charge is 2.28. The average molecular weight is 296 g/mol. The molecule has 21 heavy (non-hydrogen) atoms. The number of amides is 1. The minimum absolute atomic E-state index is 0.0311. The average Bonchev–Trinajstić information content (AvgIpc) is 2.47. The molecule has 0 fully saturated rings. The van der Waals surface area contributed by atoms with Gasteiger partial charge in [0.05, 0.1) is 11.4 Å². The largest absolute Gasteiger partial charge is 0.339 e. The molecule has 0 unspecified atom stereocenters. The smallest absolute Gasteiger partial charge is 0.221 e. The molecule has 0 aromatic heterocycles. The maximum Gasteiger partial charge on any atom is 0.221 e. The number of nitrogens with zero attached hydrogens (tertiary/aromatic N) is 1. The van der Waals surface area contributed by atoms with E-state index >= 15 is 0 Å². The molecule has 2 heterocycles. The van der Waals surface area contributed by atoms with Gasteiger partial charge in [-0.25, -0.2) is 0 Å². The zero-order valence-electron chi connectivity index (χ0n) is 11.8. The Hall–Kier alpha value is -1.94. The normalized spacial score (nSPS) is 15.2. The Bertz CT molecular complexity index is 742. The van der Waals surface area contributed by atoms with E-state index in [4.69, 9.17) is 0 Å². The zero-order chi connectivity index (χ0) is 14.4. The number of nitrogens with one attached hydrogen (secondary N) is 1. The summed E-state index contributed by atoms with van der Waals surface area (Å²) in [6.07, 6.45) is 2.35. The molecule has 2 aromatic carbocycles. The molecular formula is C17H16N2OS. The summed E-state index contributed by atoms with van der Waals surface area (Å²) in [5.41, 5.74) is 4.95. The van der Waals surface area contributed by atoms with Crippen LogP contribution < -0.4 is 10.2 Å². The molecule has 0 spiro atoms. The van der Waals surface area contributed by atoms with Gasteiger partial charge in [0, 0.05) is 28.9 Å². The third-order valence-corrected chi connectivity index (χ3v) is 5.07. The molecule has 0 saturated carbocycles. The van der Waals surface area contributed by atoms with Crippen molar-refractivity contribution in [2.45, 2.75) is 29.6 Å². The lowest BCUT2D eigenvalue weighted by Crippen LogP contribution is -2.27. The first kappa shape index (κ1) is 12.8. The van der Waals surface area contributed by atoms with Crippen LogP contribution in [0.25, 0.3) is 0 Å². The minimum Gasteiger partial charge on any atom is -0.339 e. The number of rotatable bonds is 1. The lowest BCUT2D eigenvalue weighted by molar-refractivity contribution is -0.114. The number of carbonyl (C=O) groups is 1. The van der Waals surface area contributed by atoms with E-state index < -0.39 is 0 Å². The van der Waals surface area contributed by atoms with Crippen molar-refractivity contribution >= 4 is 34.7 Å². The van der Waals surface area contributed by atoms with Crippen molar-refractivity contribution in [3.63, 3.8) is 0 Å². The second-order valence-corrected chi connectivity index (χ2v) is 6.57. The van der Waals surface area contributed by atoms with Gasteiger partial charge in [-0.1, -0.05) is 23.9 Å². The maximum absolute atomic E-state index is 11.2. The molecule has 1 amide bonds. The molecule has 4 rings (SSSR count). The Labute approximate surface area is 128 Å². The number of para-hydroxylation sites is 1. The third kappa shape index (κ3) is 2.10. The van der Waals surface area contributed by atoms with Crippen molar-refractivity contribution in [1.29, 1.82) is 0 Å². The number of anilines is 3. The summed E-state index contributed by atoms with van der Waals surface area (Å²) in [6, 6.07) is 12.8. The maximum atomic E-state index is 11.2. The van der Waals surface area contributed by atoms with Gasteiger partial charge in [0.2, 0.25) is 5.91 Å². The van der Waals surface area contributed by atoms with Crippen LogP contribution in [0.5, 0.6) is 0 Å². The van der Waals surface area contributed by atoms with Crippen molar-refractivity contribution in [2.75, 3.05) is 16.8 Å². The van der Waals surface area contributed by atoms with Crippen LogP contribution >= 0.6 is 11.8 Å². The quantitative estimate of drug-likeness (QED) is 0.856. The summed E-state index contributed by atoms with van der Waals surface area (Å²) in [5, 5.41) is 2.87. The summed E-state index contributed by atoms with van der Waals surface area (Å²) in [5.74, 6) is -0.0311. The highest BCUT2D eigenvalue weighted by molar-refractivity contribution is 7.99. The first-order valence-corrected chi connectivity index (χ1v) is 8.03. The Morgan fingerprint density at radius 1 is 1.24 bits per heavy atom. The standard InChI is InChI=1S/C17H16N2OS/c1-11(20)18-13-7-8-14-16(10-13)21-15-6-2-4-12-5-3-9-19(14)17(12)15/h2,4,6-8,10H,3,5,9H2,1H3,(H,18,20). The van der Waals surface area contributed by atoms with Crippen LogP contribution in [0.4, 0.5) is 17.1 Å². The molecule has 4 heteroatoms. The summed E-state index contributed by atoms with van der Waals surface area (Å²) in [7, 11) is 0. The van der Waals surface area contributed by atoms with E-state index in [0.29, 0.717) is 0 Å². The SMILES string of the molecule is CC(=O)Nc1ccc2c(c1)Sc1cccc3c1N2CCC3. The van der Waals surface area contributed by atoms with Crippen LogP contribution in [-0.2, 0) is 11.2 Å². The number of hydrogen-bond acceptors (Lipinski definition) is 3. The second kappa shape index (κ2) is 4.81. The summed E-state index contributed by atoms with van der Waals surface area (Å²) < 4.78 is 0. The van der Waals surface area contributed by atoms with Gasteiger partial charge in [-0.3, -0.25) is 4.79 Å². The number of carbonyl (C=O) groups excluding carboxylic acids is 1. The van der Waals surface area contributed by atoms with Crippen molar-refractivity contribution in [2.24, 2.45) is 0 Å². The van der Waals surface area contributed by atoms with E-state index in [0.717, 1.165) is 12.2 Å². The van der Waals surface area contributed by atoms with E-state index in [-0.39, 0.29) is 5.91 Å². The number of aryl methyl sites for hydroxylation is 1. The molecule has 0 radical (unpaired) electrons. The predicted molar refractivity (Wildman–Crippen MR) is 86.6 cm³/mol. The highest BCUT2D eigenvalue weighted by atomic mass is 32.2. The van der Waals surface area contributed by atoms with Crippen molar-refractivity contribution < 1.29 is 4.79 Å². The van der Waals surface area contributed by atoms with Crippen molar-refractivity contribution in [3.05, 3.63) is 42.0 Å². The third-order valence-electron chi connectivity index (χ3n) is 3.97. The fourth-order valence-corrected chi connectivity index (χ4v) is 4.35. The van der Waals surface area contributed by atoms with Crippen LogP contribution in [0, 0.1) is 0 Å². The zero-order valence-corrected chi connectivity index (χ0v) is 12.7. The first-order valence-electron chi connectivity index (χ1n) is 7.21. The Kier molecular flexibility index (Phi) is 2.93. The molecule has 0 bridgehead atoms. The molecule has 2 aromatic rings. The first-order chi connectivity index (χ1) is 10.2. The summed E-state index contributed by atoms with van der Waals surface area (Å²) in [6.45, 7) is 2.61. The van der Waals surface area contributed by atoms with E-state index in [1.165, 1.54) is 39.6 Å². The lowest BCUT2D eigenvalue weighted by atomic mass is 10.0. The van der Waals surface area contributed by atoms with Gasteiger partial charge in [0.15, 0.2) is 0 Å². The van der Waals surface area contributed by atoms with E-state index in [9.17, 15) is 4.79 Å². The Morgan fingerprint density at radius 3 is 3.00 bits per heavy atom. The molecule has 0 aliphatic carbocycles. The molecule has 1 N–H and O–H groups in total. The molecule has 0 atom stereocenters. The van der Waals surface area contributed by atoms with Crippen LogP contribution in [0.15, 0.2) is 46.2 Å². The predicted octanol–water partition coefficient (Wildman–Crippen LogP) is 4.19. The monoisotopic (exact) mass is 296 g/mol. The van der Waals surface area contributed by atoms with Crippen LogP contribution in [0.2, 0.25) is 0 Å². The van der Waals surface area contributed by atoms with E-state index in [1.54, 1.807) is 18.7 Å². The van der Waals surface area contributed by atoms with Crippen LogP contribution in [-0.4, -0.2) is 12.5 Å². The highest BCUT2D eigenvalue weighted by Crippen LogP contribution is 2.51. The molecule has 2 aliphatic rings. The van der Waals surface area contributed by atoms with Crippen LogP contribution in [0.1, 0.15) is 18.9 Å². The van der Waals surface area contributed by atoms with Crippen LogP contribution in [0.3, 0.4) is 0 Å². The molecule has 3 nitrogen and oxygen atoms in total. The van der Waals surface area contributed by atoms with Gasteiger partial charge < -0.3 is 10.2 Å². The summed E-state index contributed by atoms with van der Waals surface area (Å²) in [4.78, 5) is 16.2. The minimum atomic E-state index is -0.0311. The fourth-order valence-electron chi connectivity index (χ4n) is 3.16. The van der Waals surface area contributed by atoms with Gasteiger partial charge in [0.1, 0.15) is 0 Å². The van der Waals surface area contributed by atoms with Crippen molar-refractivity contribution in [3.8, 4) is 0 Å². The number of fused-ring (bicyclic) bond motifs is 2. The molecule has 0 saturated heterocycles. The second-order valence-electron chi connectivity index (χ2n) is 5.48. The fraction of sp³-hybridized carbons (Fsp3) is 0.235. The Morgan fingerprint density at radius 2 is 2.14 bits per heavy atom. The van der Waals surface area contributed by atoms with E-state index in [1.807, 2.05) is 6.07 Å². The van der Waals surface area contributed by atoms with Gasteiger partial charge in [-0.2, -0.15) is 0 Å². The Balaban J connectivity index is 1.82. The van der Waals surface area contributed by atoms with Gasteiger partial charge in [-0.05, 0) is 42.7 Å². The van der Waals surface area contributed by atoms with Gasteiger partial charge in [-0.15, -0.1) is 0 Å². The van der Waals surface area contributed by atoms with Crippen molar-refractivity contribution in [1.82, 2.24) is 0 Å². The van der Waals surface area contributed by atoms with E-state index in [2.05, 4.69) is 40.5 Å². The summed E-state index contributed by atoms with van der Waals surface area (Å²) >= 11 is 1.80. The molecular weight excluding hydrogens is 280 g/mol. The lowest BCUT2D eigenvalue weighted by Gasteiger charge is -2.37.